The minimum absolute atomic E-state index is 0.0899. The summed E-state index contributed by atoms with van der Waals surface area (Å²) < 4.78 is 43.0. The van der Waals surface area contributed by atoms with E-state index in [0.29, 0.717) is 0 Å². The van der Waals surface area contributed by atoms with Crippen LogP contribution in [-0.2, 0) is 16.1 Å². The zero-order valence-corrected chi connectivity index (χ0v) is 18.4. The number of rotatable bonds is 7. The van der Waals surface area contributed by atoms with Crippen molar-refractivity contribution in [2.75, 3.05) is 18.5 Å². The summed E-state index contributed by atoms with van der Waals surface area (Å²) in [5.41, 5.74) is -0.666. The molecule has 12 nitrogen and oxygen atoms in total. The van der Waals surface area contributed by atoms with E-state index < -0.39 is 54.3 Å². The SMILES string of the molecule is O=C(NCC#Cc1ccc(CNc2ccn([C@H]3C[C@@H](O)[C@@H](CO)O3)c(=O)n2)c([N+](=O)[O-])c1)C(F)(F)F. The van der Waals surface area contributed by atoms with Crippen molar-refractivity contribution in [1.29, 1.82) is 0 Å². The number of aliphatic hydroxyl groups is 2. The summed E-state index contributed by atoms with van der Waals surface area (Å²) in [7, 11) is 0. The van der Waals surface area contributed by atoms with Crippen LogP contribution in [0, 0.1) is 22.0 Å². The zero-order chi connectivity index (χ0) is 26.5. The van der Waals surface area contributed by atoms with Gasteiger partial charge in [0, 0.05) is 36.4 Å². The summed E-state index contributed by atoms with van der Waals surface area (Å²) in [5, 5.41) is 34.8. The van der Waals surface area contributed by atoms with E-state index in [2.05, 4.69) is 22.1 Å². The second kappa shape index (κ2) is 11.2. The molecule has 1 amide bonds. The molecule has 15 heteroatoms. The standard InChI is InChI=1S/C21H20F3N5O7/c22-21(23,24)19(32)25-6-1-2-12-3-4-13(14(8-12)29(34)35)10-26-17-5-7-28(20(33)27-17)18-9-15(31)16(11-30)36-18/h3-5,7-8,15-16,18,30-31H,6,9-11H2,(H,25,32)(H,26,27,33)/t15-,16-,18-/m1/s1. The summed E-state index contributed by atoms with van der Waals surface area (Å²) in [6.07, 6.45) is -6.12. The quantitative estimate of drug-likeness (QED) is 0.234. The Morgan fingerprint density at radius 1 is 1.36 bits per heavy atom. The molecule has 1 aliphatic heterocycles. The molecule has 192 valence electrons. The van der Waals surface area contributed by atoms with E-state index in [9.17, 15) is 38.0 Å². The summed E-state index contributed by atoms with van der Waals surface area (Å²) in [5.74, 6) is 2.70. The van der Waals surface area contributed by atoms with Gasteiger partial charge < -0.3 is 25.6 Å². The number of aliphatic hydroxyl groups excluding tert-OH is 2. The van der Waals surface area contributed by atoms with Crippen LogP contribution in [0.25, 0.3) is 0 Å². The lowest BCUT2D eigenvalue weighted by Crippen LogP contribution is -2.36. The van der Waals surface area contributed by atoms with Crippen LogP contribution < -0.4 is 16.3 Å². The predicted octanol–water partition coefficient (Wildman–Crippen LogP) is 0.434. The number of benzene rings is 1. The Morgan fingerprint density at radius 3 is 2.72 bits per heavy atom. The van der Waals surface area contributed by atoms with Crippen LogP contribution in [0.5, 0.6) is 0 Å². The summed E-state index contributed by atoms with van der Waals surface area (Å²) in [4.78, 5) is 37.7. The van der Waals surface area contributed by atoms with Crippen LogP contribution in [0.2, 0.25) is 0 Å². The van der Waals surface area contributed by atoms with Crippen LogP contribution in [0.4, 0.5) is 24.7 Å². The van der Waals surface area contributed by atoms with Crippen molar-refractivity contribution in [3.8, 4) is 11.8 Å². The van der Waals surface area contributed by atoms with Gasteiger partial charge in [-0.3, -0.25) is 19.5 Å². The first-order chi connectivity index (χ1) is 17.0. The molecule has 36 heavy (non-hydrogen) atoms. The van der Waals surface area contributed by atoms with E-state index in [1.54, 1.807) is 5.32 Å². The molecule has 3 rings (SSSR count). The largest absolute Gasteiger partial charge is 0.471 e. The molecule has 0 saturated carbocycles. The van der Waals surface area contributed by atoms with Crippen LogP contribution >= 0.6 is 0 Å². The fourth-order valence-electron chi connectivity index (χ4n) is 3.30. The van der Waals surface area contributed by atoms with Gasteiger partial charge in [0.1, 0.15) is 18.1 Å². The Hall–Kier alpha value is -4.00. The topological polar surface area (TPSA) is 169 Å². The molecule has 0 unspecified atom stereocenters. The molecule has 3 atom stereocenters. The summed E-state index contributed by atoms with van der Waals surface area (Å²) in [6, 6.07) is 5.35. The Morgan fingerprint density at radius 2 is 2.11 bits per heavy atom. The number of nitrogens with zero attached hydrogens (tertiary/aromatic N) is 3. The molecule has 1 saturated heterocycles. The van der Waals surface area contributed by atoms with E-state index in [0.717, 1.165) is 10.6 Å². The number of nitro benzene ring substituents is 1. The van der Waals surface area contributed by atoms with Gasteiger partial charge in [-0.15, -0.1) is 0 Å². The lowest BCUT2D eigenvalue weighted by Gasteiger charge is -2.15. The van der Waals surface area contributed by atoms with Gasteiger partial charge in [-0.1, -0.05) is 11.8 Å². The highest BCUT2D eigenvalue weighted by Crippen LogP contribution is 2.27. The maximum atomic E-state index is 12.4. The van der Waals surface area contributed by atoms with E-state index in [4.69, 9.17) is 9.84 Å². The lowest BCUT2D eigenvalue weighted by molar-refractivity contribution is -0.385. The number of carbonyl (C=O) groups excluding carboxylic acids is 1. The number of hydrogen-bond acceptors (Lipinski definition) is 9. The number of ether oxygens (including phenoxy) is 1. The van der Waals surface area contributed by atoms with Gasteiger partial charge in [0.2, 0.25) is 0 Å². The maximum Gasteiger partial charge on any atom is 0.471 e. The van der Waals surface area contributed by atoms with Gasteiger partial charge in [0.25, 0.3) is 5.69 Å². The van der Waals surface area contributed by atoms with E-state index in [1.807, 2.05) is 0 Å². The number of halogens is 3. The fourth-order valence-corrected chi connectivity index (χ4v) is 3.30. The molecule has 2 heterocycles. The first kappa shape index (κ1) is 26.6. The molecule has 4 N–H and O–H groups in total. The highest BCUT2D eigenvalue weighted by Gasteiger charge is 2.38. The van der Waals surface area contributed by atoms with Gasteiger partial charge >= 0.3 is 17.8 Å². The zero-order valence-electron chi connectivity index (χ0n) is 18.4. The van der Waals surface area contributed by atoms with E-state index in [1.165, 1.54) is 24.4 Å². The van der Waals surface area contributed by atoms with E-state index >= 15 is 0 Å². The van der Waals surface area contributed by atoms with Crippen molar-refractivity contribution in [3.05, 3.63) is 62.2 Å². The molecular weight excluding hydrogens is 491 g/mol. The third-order valence-electron chi connectivity index (χ3n) is 5.09. The number of alkyl halides is 3. The minimum Gasteiger partial charge on any atom is -0.394 e. The minimum atomic E-state index is -5.04. The van der Waals surface area contributed by atoms with Gasteiger partial charge in [0.15, 0.2) is 0 Å². The Labute approximate surface area is 200 Å². The molecule has 0 aliphatic carbocycles. The molecule has 1 aromatic carbocycles. The number of nitrogens with one attached hydrogen (secondary N) is 2. The number of aromatic nitrogens is 2. The Balaban J connectivity index is 1.66. The molecule has 1 aliphatic rings. The summed E-state index contributed by atoms with van der Waals surface area (Å²) >= 11 is 0. The van der Waals surface area contributed by atoms with Gasteiger partial charge in [0.05, 0.1) is 24.2 Å². The van der Waals surface area contributed by atoms with Gasteiger partial charge in [-0.2, -0.15) is 18.2 Å². The Bertz CT molecular complexity index is 1250. The summed E-state index contributed by atoms with van der Waals surface area (Å²) in [6.45, 7) is -1.09. The number of amides is 1. The lowest BCUT2D eigenvalue weighted by atomic mass is 10.1. The molecule has 1 aromatic heterocycles. The first-order valence-electron chi connectivity index (χ1n) is 10.4. The van der Waals surface area contributed by atoms with Crippen molar-refractivity contribution in [1.82, 2.24) is 14.9 Å². The van der Waals surface area contributed by atoms with Crippen LogP contribution in [0.15, 0.2) is 35.3 Å². The van der Waals surface area contributed by atoms with Crippen LogP contribution in [-0.4, -0.2) is 62.1 Å². The third kappa shape index (κ3) is 6.56. The normalized spacial score (nSPS) is 19.3. The van der Waals surface area contributed by atoms with Gasteiger partial charge in [-0.05, 0) is 18.2 Å². The fraction of sp³-hybridized carbons (Fsp3) is 0.381. The van der Waals surface area contributed by atoms with Crippen molar-refractivity contribution in [3.63, 3.8) is 0 Å². The number of hydrogen-bond donors (Lipinski definition) is 4. The average Bonchev–Trinajstić information content (AvgIpc) is 3.20. The third-order valence-corrected chi connectivity index (χ3v) is 5.09. The number of carbonyl (C=O) groups is 1. The second-order valence-corrected chi connectivity index (χ2v) is 7.55. The monoisotopic (exact) mass is 511 g/mol. The van der Waals surface area contributed by atoms with Crippen molar-refractivity contribution in [2.24, 2.45) is 0 Å². The average molecular weight is 511 g/mol. The highest BCUT2D eigenvalue weighted by atomic mass is 19.4. The first-order valence-corrected chi connectivity index (χ1v) is 10.4. The molecule has 1 fully saturated rings. The van der Waals surface area contributed by atoms with E-state index in [-0.39, 0.29) is 35.6 Å². The molecule has 0 radical (unpaired) electrons. The Kier molecular flexibility index (Phi) is 8.25. The number of anilines is 1. The molecule has 0 spiro atoms. The molecule has 0 bridgehead atoms. The maximum absolute atomic E-state index is 12.4. The molecule has 2 aromatic rings. The smallest absolute Gasteiger partial charge is 0.394 e. The predicted molar refractivity (Wildman–Crippen MR) is 116 cm³/mol. The highest BCUT2D eigenvalue weighted by molar-refractivity contribution is 5.81. The second-order valence-electron chi connectivity index (χ2n) is 7.55. The van der Waals surface area contributed by atoms with Crippen molar-refractivity contribution < 1.29 is 37.8 Å². The van der Waals surface area contributed by atoms with Crippen LogP contribution in [0.1, 0.15) is 23.8 Å². The number of nitro groups is 1. The van der Waals surface area contributed by atoms with Crippen molar-refractivity contribution in [2.45, 2.75) is 37.6 Å². The van der Waals surface area contributed by atoms with Crippen molar-refractivity contribution >= 4 is 17.4 Å². The van der Waals surface area contributed by atoms with Gasteiger partial charge in [-0.25, -0.2) is 4.79 Å². The molecular formula is C21H20F3N5O7. The van der Waals surface area contributed by atoms with Crippen LogP contribution in [0.3, 0.4) is 0 Å².